The van der Waals surface area contributed by atoms with Crippen LogP contribution in [0.3, 0.4) is 0 Å². The Kier molecular flexibility index (Phi) is 3.58. The monoisotopic (exact) mass is 234 g/mol. The van der Waals surface area contributed by atoms with Gasteiger partial charge in [0.05, 0.1) is 23.2 Å². The Morgan fingerprint density at radius 1 is 1.53 bits per heavy atom. The molecule has 88 valence electrons. The van der Waals surface area contributed by atoms with Crippen molar-refractivity contribution in [3.8, 4) is 0 Å². The minimum absolute atomic E-state index is 0.103. The summed E-state index contributed by atoms with van der Waals surface area (Å²) in [6, 6.07) is 0. The third kappa shape index (κ3) is 3.93. The summed E-state index contributed by atoms with van der Waals surface area (Å²) >= 11 is 0. The van der Waals surface area contributed by atoms with E-state index in [1.165, 1.54) is 13.8 Å². The fraction of sp³-hybridized carbons (Fsp3) is 0.800. The Labute approximate surface area is 90.5 Å². The van der Waals surface area contributed by atoms with Gasteiger partial charge in [-0.15, -0.1) is 0 Å². The van der Waals surface area contributed by atoms with Gasteiger partial charge in [-0.3, -0.25) is 0 Å². The molecule has 0 saturated carbocycles. The molecule has 5 heteroatoms. The third-order valence-corrected chi connectivity index (χ3v) is 4.07. The van der Waals surface area contributed by atoms with Crippen molar-refractivity contribution >= 4 is 9.84 Å². The topological polar surface area (TPSA) is 74.6 Å². The summed E-state index contributed by atoms with van der Waals surface area (Å²) in [5.74, 6) is 0.215. The van der Waals surface area contributed by atoms with Crippen LogP contribution in [0.4, 0.5) is 0 Å². The first-order valence-electron chi connectivity index (χ1n) is 4.99. The van der Waals surface area contributed by atoms with Gasteiger partial charge in [0.1, 0.15) is 0 Å². The number of hydrogen-bond acceptors (Lipinski definition) is 4. The predicted octanol–water partition coefficient (Wildman–Crippen LogP) is 0.253. The fourth-order valence-electron chi connectivity index (χ4n) is 1.49. The minimum atomic E-state index is -2.92. The van der Waals surface area contributed by atoms with E-state index in [2.05, 4.69) is 0 Å². The number of aliphatic hydroxyl groups excluding tert-OH is 1. The summed E-state index contributed by atoms with van der Waals surface area (Å²) < 4.78 is 22.2. The fourth-order valence-corrected chi connectivity index (χ4v) is 2.93. The Bertz CT molecular complexity index is 348. The van der Waals surface area contributed by atoms with Gasteiger partial charge in [0.2, 0.25) is 0 Å². The lowest BCUT2D eigenvalue weighted by Gasteiger charge is -2.24. The summed E-state index contributed by atoms with van der Waals surface area (Å²) in [5.41, 5.74) is -0.281. The van der Waals surface area contributed by atoms with E-state index in [-0.39, 0.29) is 11.5 Å². The maximum absolute atomic E-state index is 11.1. The van der Waals surface area contributed by atoms with Crippen molar-refractivity contribution in [3.63, 3.8) is 0 Å². The van der Waals surface area contributed by atoms with Gasteiger partial charge in [-0.25, -0.2) is 8.42 Å². The maximum atomic E-state index is 11.1. The Balaban J connectivity index is 2.40. The van der Waals surface area contributed by atoms with Crippen LogP contribution in [0.2, 0.25) is 0 Å². The van der Waals surface area contributed by atoms with Crippen molar-refractivity contribution in [2.75, 3.05) is 11.5 Å². The van der Waals surface area contributed by atoms with E-state index in [1.807, 2.05) is 0 Å². The SMILES string of the molecule is CC(C)(O)C(O)CCC1=CCS(=O)(=O)C1. The summed E-state index contributed by atoms with van der Waals surface area (Å²) in [4.78, 5) is 0. The number of sulfone groups is 1. The Morgan fingerprint density at radius 2 is 2.13 bits per heavy atom. The van der Waals surface area contributed by atoms with Crippen LogP contribution < -0.4 is 0 Å². The number of rotatable bonds is 4. The highest BCUT2D eigenvalue weighted by molar-refractivity contribution is 7.92. The molecule has 1 atom stereocenters. The lowest BCUT2D eigenvalue weighted by atomic mass is 9.96. The van der Waals surface area contributed by atoms with E-state index >= 15 is 0 Å². The first kappa shape index (κ1) is 12.7. The molecule has 15 heavy (non-hydrogen) atoms. The first-order valence-corrected chi connectivity index (χ1v) is 6.81. The van der Waals surface area contributed by atoms with Gasteiger partial charge in [-0.2, -0.15) is 0 Å². The average Bonchev–Trinajstić information content (AvgIpc) is 2.39. The van der Waals surface area contributed by atoms with Crippen LogP contribution in [0.5, 0.6) is 0 Å². The highest BCUT2D eigenvalue weighted by Gasteiger charge is 2.26. The largest absolute Gasteiger partial charge is 0.390 e. The Hall–Kier alpha value is -0.390. The molecule has 0 aromatic carbocycles. The first-order chi connectivity index (χ1) is 6.71. The highest BCUT2D eigenvalue weighted by atomic mass is 32.2. The van der Waals surface area contributed by atoms with Gasteiger partial charge in [-0.05, 0) is 26.7 Å². The molecule has 0 saturated heterocycles. The van der Waals surface area contributed by atoms with Crippen LogP contribution in [-0.2, 0) is 9.84 Å². The van der Waals surface area contributed by atoms with E-state index in [0.29, 0.717) is 12.8 Å². The molecular formula is C10H18O4S. The van der Waals surface area contributed by atoms with Crippen LogP contribution in [-0.4, -0.2) is 41.8 Å². The maximum Gasteiger partial charge on any atom is 0.157 e. The van der Waals surface area contributed by atoms with Crippen LogP contribution in [0.25, 0.3) is 0 Å². The van der Waals surface area contributed by atoms with Gasteiger partial charge in [0, 0.05) is 0 Å². The number of hydrogen-bond donors (Lipinski definition) is 2. The van der Waals surface area contributed by atoms with Crippen molar-refractivity contribution in [2.24, 2.45) is 0 Å². The molecule has 1 aliphatic rings. The molecule has 1 rings (SSSR count). The zero-order chi connectivity index (χ0) is 11.7. The molecule has 0 radical (unpaired) electrons. The van der Waals surface area contributed by atoms with Crippen molar-refractivity contribution < 1.29 is 18.6 Å². The summed E-state index contributed by atoms with van der Waals surface area (Å²) in [5, 5.41) is 19.0. The molecule has 0 aromatic rings. The van der Waals surface area contributed by atoms with Gasteiger partial charge < -0.3 is 10.2 Å². The average molecular weight is 234 g/mol. The van der Waals surface area contributed by atoms with Gasteiger partial charge in [0.15, 0.2) is 9.84 Å². The normalized spacial score (nSPS) is 22.5. The standard InChI is InChI=1S/C10H18O4S/c1-10(2,12)9(11)4-3-8-5-6-15(13,14)7-8/h5,9,11-12H,3-4,6-7H2,1-2H3. The van der Waals surface area contributed by atoms with E-state index in [9.17, 15) is 18.6 Å². The zero-order valence-corrected chi connectivity index (χ0v) is 9.92. The second-order valence-electron chi connectivity index (χ2n) is 4.63. The third-order valence-electron chi connectivity index (χ3n) is 2.59. The Morgan fingerprint density at radius 3 is 2.53 bits per heavy atom. The lowest BCUT2D eigenvalue weighted by Crippen LogP contribution is -2.35. The van der Waals surface area contributed by atoms with Crippen molar-refractivity contribution in [3.05, 3.63) is 11.6 Å². The van der Waals surface area contributed by atoms with Crippen LogP contribution in [0, 0.1) is 0 Å². The zero-order valence-electron chi connectivity index (χ0n) is 9.10. The van der Waals surface area contributed by atoms with Crippen molar-refractivity contribution in [1.82, 2.24) is 0 Å². The van der Waals surface area contributed by atoms with E-state index in [1.54, 1.807) is 6.08 Å². The quantitative estimate of drug-likeness (QED) is 0.684. The van der Waals surface area contributed by atoms with E-state index < -0.39 is 21.5 Å². The van der Waals surface area contributed by atoms with E-state index in [4.69, 9.17) is 0 Å². The predicted molar refractivity (Wildman–Crippen MR) is 58.3 cm³/mol. The van der Waals surface area contributed by atoms with Crippen LogP contribution >= 0.6 is 0 Å². The molecule has 0 spiro atoms. The molecule has 0 aromatic heterocycles. The molecular weight excluding hydrogens is 216 g/mol. The molecule has 2 N–H and O–H groups in total. The second-order valence-corrected chi connectivity index (χ2v) is 6.73. The highest BCUT2D eigenvalue weighted by Crippen LogP contribution is 2.20. The van der Waals surface area contributed by atoms with Gasteiger partial charge in [0.25, 0.3) is 0 Å². The van der Waals surface area contributed by atoms with Crippen LogP contribution in [0.1, 0.15) is 26.7 Å². The van der Waals surface area contributed by atoms with Crippen molar-refractivity contribution in [2.45, 2.75) is 38.4 Å². The lowest BCUT2D eigenvalue weighted by molar-refractivity contribution is -0.0509. The van der Waals surface area contributed by atoms with E-state index in [0.717, 1.165) is 5.57 Å². The second kappa shape index (κ2) is 4.23. The summed E-state index contributed by atoms with van der Waals surface area (Å²) in [7, 11) is -2.92. The molecule has 1 heterocycles. The van der Waals surface area contributed by atoms with Crippen LogP contribution in [0.15, 0.2) is 11.6 Å². The summed E-state index contributed by atoms with van der Waals surface area (Å²) in [6.07, 6.45) is 1.81. The van der Waals surface area contributed by atoms with Gasteiger partial charge >= 0.3 is 0 Å². The van der Waals surface area contributed by atoms with Gasteiger partial charge in [-0.1, -0.05) is 11.6 Å². The summed E-state index contributed by atoms with van der Waals surface area (Å²) in [6.45, 7) is 3.08. The van der Waals surface area contributed by atoms with Crippen molar-refractivity contribution in [1.29, 1.82) is 0 Å². The molecule has 4 nitrogen and oxygen atoms in total. The number of aliphatic hydroxyl groups is 2. The minimum Gasteiger partial charge on any atom is -0.390 e. The molecule has 0 fully saturated rings. The molecule has 1 aliphatic heterocycles. The molecule has 1 unspecified atom stereocenters. The molecule has 0 aliphatic carbocycles. The molecule has 0 bridgehead atoms. The smallest absolute Gasteiger partial charge is 0.157 e. The molecule has 0 amide bonds.